The summed E-state index contributed by atoms with van der Waals surface area (Å²) in [6.07, 6.45) is 0.826. The van der Waals surface area contributed by atoms with Crippen LogP contribution in [0.4, 0.5) is 5.69 Å². The van der Waals surface area contributed by atoms with E-state index in [9.17, 15) is 9.59 Å². The predicted octanol–water partition coefficient (Wildman–Crippen LogP) is 3.45. The molecule has 1 atom stereocenters. The Balaban J connectivity index is 1.97. The number of ether oxygens (including phenoxy) is 1. The Kier molecular flexibility index (Phi) is 5.95. The second-order valence-electron chi connectivity index (χ2n) is 5.48. The maximum absolute atomic E-state index is 12.0. The lowest BCUT2D eigenvalue weighted by Crippen LogP contribution is -2.20. The minimum absolute atomic E-state index is 0.101. The van der Waals surface area contributed by atoms with Gasteiger partial charge in [-0.1, -0.05) is 37.3 Å². The first-order valence-electron chi connectivity index (χ1n) is 7.84. The largest absolute Gasteiger partial charge is 0.483 e. The average molecular weight is 327 g/mol. The fourth-order valence-electron chi connectivity index (χ4n) is 2.31. The van der Waals surface area contributed by atoms with Crippen molar-refractivity contribution in [1.82, 2.24) is 0 Å². The summed E-state index contributed by atoms with van der Waals surface area (Å²) in [6, 6.07) is 14.4. The zero-order valence-corrected chi connectivity index (χ0v) is 13.8. The van der Waals surface area contributed by atoms with Crippen LogP contribution in [0, 0.1) is 0 Å². The van der Waals surface area contributed by atoms with Crippen molar-refractivity contribution in [2.24, 2.45) is 0 Å². The van der Waals surface area contributed by atoms with Crippen molar-refractivity contribution in [2.75, 3.05) is 11.9 Å². The molecule has 0 aliphatic heterocycles. The highest BCUT2D eigenvalue weighted by molar-refractivity contribution is 5.92. The Morgan fingerprint density at radius 3 is 2.62 bits per heavy atom. The molecule has 1 amide bonds. The molecule has 0 aliphatic rings. The van der Waals surface area contributed by atoms with Gasteiger partial charge in [-0.25, -0.2) is 0 Å². The molecule has 0 aliphatic carbocycles. The molecular weight excluding hydrogens is 306 g/mol. The molecule has 2 N–H and O–H groups in total. The Bertz CT molecular complexity index is 727. The van der Waals surface area contributed by atoms with Gasteiger partial charge in [0.1, 0.15) is 5.75 Å². The van der Waals surface area contributed by atoms with E-state index in [1.54, 1.807) is 31.2 Å². The van der Waals surface area contributed by atoms with Gasteiger partial charge in [-0.3, -0.25) is 9.59 Å². The maximum Gasteiger partial charge on any atom is 0.310 e. The first-order chi connectivity index (χ1) is 11.5. The van der Waals surface area contributed by atoms with Crippen LogP contribution in [0.5, 0.6) is 5.75 Å². The van der Waals surface area contributed by atoms with E-state index in [0.717, 1.165) is 12.0 Å². The molecule has 0 aromatic heterocycles. The normalized spacial score (nSPS) is 11.6. The highest BCUT2D eigenvalue weighted by Crippen LogP contribution is 2.20. The third-order valence-electron chi connectivity index (χ3n) is 3.75. The summed E-state index contributed by atoms with van der Waals surface area (Å²) in [5, 5.41) is 11.8. The van der Waals surface area contributed by atoms with Crippen LogP contribution in [0.1, 0.15) is 30.9 Å². The van der Waals surface area contributed by atoms with Crippen LogP contribution in [-0.4, -0.2) is 23.6 Å². The van der Waals surface area contributed by atoms with Gasteiger partial charge >= 0.3 is 5.97 Å². The van der Waals surface area contributed by atoms with E-state index in [1.165, 1.54) is 0 Å². The highest BCUT2D eigenvalue weighted by atomic mass is 16.5. The van der Waals surface area contributed by atoms with Crippen LogP contribution in [0.3, 0.4) is 0 Å². The number of rotatable bonds is 7. The fourth-order valence-corrected chi connectivity index (χ4v) is 2.31. The second kappa shape index (κ2) is 8.15. The summed E-state index contributed by atoms with van der Waals surface area (Å²) in [7, 11) is 0. The number of para-hydroxylation sites is 1. The van der Waals surface area contributed by atoms with Crippen LogP contribution in [-0.2, 0) is 16.0 Å². The van der Waals surface area contributed by atoms with E-state index in [0.29, 0.717) is 17.0 Å². The number of benzene rings is 2. The zero-order chi connectivity index (χ0) is 17.5. The van der Waals surface area contributed by atoms with E-state index in [2.05, 4.69) is 5.32 Å². The standard InChI is InChI=1S/C19H21NO4/c1-3-14-7-4-5-10-17(14)24-12-18(21)20-16-9-6-8-15(11-16)13(2)19(22)23/h4-11,13H,3,12H2,1-2H3,(H,20,21)(H,22,23). The molecule has 5 heteroatoms. The number of aliphatic carboxylic acids is 1. The van der Waals surface area contributed by atoms with Crippen LogP contribution in [0.15, 0.2) is 48.5 Å². The van der Waals surface area contributed by atoms with Crippen molar-refractivity contribution in [3.8, 4) is 5.75 Å². The van der Waals surface area contributed by atoms with Crippen molar-refractivity contribution < 1.29 is 19.4 Å². The molecule has 0 saturated heterocycles. The number of anilines is 1. The van der Waals surface area contributed by atoms with E-state index in [1.807, 2.05) is 31.2 Å². The van der Waals surface area contributed by atoms with Crippen molar-refractivity contribution in [3.63, 3.8) is 0 Å². The van der Waals surface area contributed by atoms with Crippen LogP contribution < -0.4 is 10.1 Å². The van der Waals surface area contributed by atoms with E-state index in [4.69, 9.17) is 9.84 Å². The molecular formula is C19H21NO4. The minimum Gasteiger partial charge on any atom is -0.483 e. The van der Waals surface area contributed by atoms with Gasteiger partial charge in [0.2, 0.25) is 0 Å². The van der Waals surface area contributed by atoms with E-state index >= 15 is 0 Å². The first kappa shape index (κ1) is 17.5. The van der Waals surface area contributed by atoms with E-state index < -0.39 is 11.9 Å². The minimum atomic E-state index is -0.905. The van der Waals surface area contributed by atoms with Crippen molar-refractivity contribution >= 4 is 17.6 Å². The summed E-state index contributed by atoms with van der Waals surface area (Å²) in [4.78, 5) is 23.1. The number of aryl methyl sites for hydroxylation is 1. The molecule has 1 unspecified atom stereocenters. The molecule has 0 spiro atoms. The molecule has 2 rings (SSSR count). The molecule has 0 heterocycles. The molecule has 24 heavy (non-hydrogen) atoms. The van der Waals surface area contributed by atoms with Crippen molar-refractivity contribution in [3.05, 3.63) is 59.7 Å². The lowest BCUT2D eigenvalue weighted by molar-refractivity contribution is -0.138. The smallest absolute Gasteiger partial charge is 0.310 e. The molecule has 0 fully saturated rings. The lowest BCUT2D eigenvalue weighted by atomic mass is 10.0. The number of hydrogen-bond donors (Lipinski definition) is 2. The quantitative estimate of drug-likeness (QED) is 0.816. The number of carboxylic acid groups (broad SMARTS) is 1. The SMILES string of the molecule is CCc1ccccc1OCC(=O)Nc1cccc(C(C)C(=O)O)c1. The lowest BCUT2D eigenvalue weighted by Gasteiger charge is -2.12. The molecule has 0 saturated carbocycles. The number of carbonyl (C=O) groups excluding carboxylic acids is 1. The maximum atomic E-state index is 12.0. The molecule has 2 aromatic rings. The average Bonchev–Trinajstić information content (AvgIpc) is 2.59. The first-order valence-corrected chi connectivity index (χ1v) is 7.84. The van der Waals surface area contributed by atoms with Gasteiger partial charge in [0, 0.05) is 5.69 Å². The third kappa shape index (κ3) is 4.59. The molecule has 2 aromatic carbocycles. The van der Waals surface area contributed by atoms with Gasteiger partial charge in [0.05, 0.1) is 5.92 Å². The second-order valence-corrected chi connectivity index (χ2v) is 5.48. The van der Waals surface area contributed by atoms with E-state index in [-0.39, 0.29) is 12.5 Å². The van der Waals surface area contributed by atoms with Crippen LogP contribution in [0.25, 0.3) is 0 Å². The van der Waals surface area contributed by atoms with Crippen LogP contribution in [0.2, 0.25) is 0 Å². The Morgan fingerprint density at radius 2 is 1.92 bits per heavy atom. The summed E-state index contributed by atoms with van der Waals surface area (Å²) in [5.74, 6) is -1.13. The number of carbonyl (C=O) groups is 2. The Hall–Kier alpha value is -2.82. The van der Waals surface area contributed by atoms with Gasteiger partial charge in [-0.05, 0) is 42.7 Å². The number of nitrogens with one attached hydrogen (secondary N) is 1. The Morgan fingerprint density at radius 1 is 1.17 bits per heavy atom. The number of carboxylic acids is 1. The van der Waals surface area contributed by atoms with Gasteiger partial charge in [-0.15, -0.1) is 0 Å². The number of hydrogen-bond acceptors (Lipinski definition) is 3. The van der Waals surface area contributed by atoms with Crippen molar-refractivity contribution in [2.45, 2.75) is 26.2 Å². The number of amides is 1. The zero-order valence-electron chi connectivity index (χ0n) is 13.8. The predicted molar refractivity (Wildman–Crippen MR) is 92.4 cm³/mol. The molecule has 5 nitrogen and oxygen atoms in total. The highest BCUT2D eigenvalue weighted by Gasteiger charge is 2.14. The monoisotopic (exact) mass is 327 g/mol. The van der Waals surface area contributed by atoms with Gasteiger partial charge < -0.3 is 15.2 Å². The topological polar surface area (TPSA) is 75.6 Å². The summed E-state index contributed by atoms with van der Waals surface area (Å²) < 4.78 is 5.57. The summed E-state index contributed by atoms with van der Waals surface area (Å²) >= 11 is 0. The fraction of sp³-hybridized carbons (Fsp3) is 0.263. The van der Waals surface area contributed by atoms with Gasteiger partial charge in [0.25, 0.3) is 5.91 Å². The molecule has 0 bridgehead atoms. The van der Waals surface area contributed by atoms with Gasteiger partial charge in [-0.2, -0.15) is 0 Å². The third-order valence-corrected chi connectivity index (χ3v) is 3.75. The molecule has 0 radical (unpaired) electrons. The summed E-state index contributed by atoms with van der Waals surface area (Å²) in [6.45, 7) is 3.53. The Labute approximate surface area is 141 Å². The van der Waals surface area contributed by atoms with Gasteiger partial charge in [0.15, 0.2) is 6.61 Å². The van der Waals surface area contributed by atoms with Crippen LogP contribution >= 0.6 is 0 Å². The molecule has 126 valence electrons. The summed E-state index contributed by atoms with van der Waals surface area (Å²) in [5.41, 5.74) is 2.23. The van der Waals surface area contributed by atoms with Crippen molar-refractivity contribution in [1.29, 1.82) is 0 Å².